The summed E-state index contributed by atoms with van der Waals surface area (Å²) in [6, 6.07) is 19.7. The smallest absolute Gasteiger partial charge is 0.247 e. The number of amides is 1. The molecule has 1 aromatic heterocycles. The SMILES string of the molecule is C=CC(=O)Nc1cc(Nc2cc(N3OCCC3c3cccc(OCc4cccc(F)c4)c3)ncn2)c(OC)cc1N1CCN(CCC)CC1. The standard InChI is InChI=1S/C37H42FN7O4/c1-4-13-43-14-16-44(17-15-43)33-22-34(47-3)31(21-30(33)42-37(46)5-2)41-35-23-36(40-25-39-35)45-32(12-18-49-45)27-9-7-11-29(20-27)48-24-26-8-6-10-28(38)19-26/h5-11,19-23,25,32H,2,4,12-18,24H2,1,3H3,(H,42,46)(H,39,40,41). The molecule has 256 valence electrons. The molecule has 0 saturated carbocycles. The number of aromatic nitrogens is 2. The lowest BCUT2D eigenvalue weighted by Gasteiger charge is -2.37. The van der Waals surface area contributed by atoms with Crippen LogP contribution >= 0.6 is 0 Å². The molecule has 1 amide bonds. The number of nitrogens with one attached hydrogen (secondary N) is 2. The monoisotopic (exact) mass is 667 g/mol. The molecule has 2 saturated heterocycles. The van der Waals surface area contributed by atoms with Gasteiger partial charge in [-0.1, -0.05) is 37.8 Å². The Hall–Kier alpha value is -5.20. The Balaban J connectivity index is 1.21. The molecule has 1 atom stereocenters. The molecule has 3 aromatic carbocycles. The molecule has 2 aliphatic rings. The lowest BCUT2D eigenvalue weighted by Crippen LogP contribution is -2.46. The van der Waals surface area contributed by atoms with E-state index in [0.717, 1.165) is 62.4 Å². The summed E-state index contributed by atoms with van der Waals surface area (Å²) in [5, 5.41) is 8.13. The maximum absolute atomic E-state index is 13.6. The molecule has 0 aliphatic carbocycles. The molecule has 6 rings (SSSR count). The average molecular weight is 668 g/mol. The number of carbonyl (C=O) groups excluding carboxylic acids is 1. The number of ether oxygens (including phenoxy) is 2. The van der Waals surface area contributed by atoms with E-state index in [-0.39, 0.29) is 24.4 Å². The van der Waals surface area contributed by atoms with E-state index in [0.29, 0.717) is 41.1 Å². The third kappa shape index (κ3) is 8.27. The summed E-state index contributed by atoms with van der Waals surface area (Å²) >= 11 is 0. The molecule has 11 nitrogen and oxygen atoms in total. The summed E-state index contributed by atoms with van der Waals surface area (Å²) in [7, 11) is 1.62. The second kappa shape index (κ2) is 15.8. The molecule has 1 unspecified atom stereocenters. The van der Waals surface area contributed by atoms with Gasteiger partial charge in [-0.05, 0) is 60.5 Å². The summed E-state index contributed by atoms with van der Waals surface area (Å²) in [6.45, 7) is 11.2. The van der Waals surface area contributed by atoms with Crippen LogP contribution in [0.3, 0.4) is 0 Å². The van der Waals surface area contributed by atoms with E-state index in [1.165, 1.54) is 24.5 Å². The highest BCUT2D eigenvalue weighted by atomic mass is 19.1. The van der Waals surface area contributed by atoms with Gasteiger partial charge in [-0.15, -0.1) is 0 Å². The Morgan fingerprint density at radius 3 is 2.67 bits per heavy atom. The molecular formula is C37H42FN7O4. The number of piperazine rings is 1. The predicted octanol–water partition coefficient (Wildman–Crippen LogP) is 6.49. The zero-order valence-electron chi connectivity index (χ0n) is 27.9. The van der Waals surface area contributed by atoms with Gasteiger partial charge in [0.2, 0.25) is 5.91 Å². The summed E-state index contributed by atoms with van der Waals surface area (Å²) < 4.78 is 25.4. The van der Waals surface area contributed by atoms with Crippen LogP contribution in [-0.2, 0) is 16.2 Å². The van der Waals surface area contributed by atoms with Crippen molar-refractivity contribution in [2.45, 2.75) is 32.4 Å². The van der Waals surface area contributed by atoms with Crippen molar-refractivity contribution in [3.8, 4) is 11.5 Å². The number of benzene rings is 3. The number of hydrogen-bond acceptors (Lipinski definition) is 10. The van der Waals surface area contributed by atoms with Gasteiger partial charge in [0.05, 0.1) is 36.8 Å². The number of hydrogen-bond donors (Lipinski definition) is 2. The first-order chi connectivity index (χ1) is 23.9. The van der Waals surface area contributed by atoms with Crippen LogP contribution in [0.15, 0.2) is 85.7 Å². The van der Waals surface area contributed by atoms with Gasteiger partial charge in [0.15, 0.2) is 5.82 Å². The Morgan fingerprint density at radius 2 is 1.90 bits per heavy atom. The van der Waals surface area contributed by atoms with Crippen LogP contribution in [0.5, 0.6) is 11.5 Å². The Labute approximate surface area is 286 Å². The van der Waals surface area contributed by atoms with E-state index in [2.05, 4.69) is 43.9 Å². The van der Waals surface area contributed by atoms with E-state index in [1.807, 2.05) is 48.5 Å². The van der Waals surface area contributed by atoms with Crippen LogP contribution < -0.4 is 30.1 Å². The number of anilines is 5. The summed E-state index contributed by atoms with van der Waals surface area (Å²) in [5.74, 6) is 1.79. The van der Waals surface area contributed by atoms with Crippen molar-refractivity contribution >= 4 is 34.6 Å². The first-order valence-electron chi connectivity index (χ1n) is 16.5. The maximum Gasteiger partial charge on any atom is 0.247 e. The number of hydroxylamine groups is 1. The fourth-order valence-electron chi connectivity index (χ4n) is 6.19. The highest BCUT2D eigenvalue weighted by Gasteiger charge is 2.30. The zero-order chi connectivity index (χ0) is 34.2. The minimum atomic E-state index is -0.299. The maximum atomic E-state index is 13.6. The van der Waals surface area contributed by atoms with Crippen molar-refractivity contribution < 1.29 is 23.5 Å². The van der Waals surface area contributed by atoms with E-state index in [4.69, 9.17) is 14.3 Å². The molecule has 2 aliphatic heterocycles. The van der Waals surface area contributed by atoms with E-state index in [1.54, 1.807) is 18.2 Å². The normalized spacial score (nSPS) is 16.3. The predicted molar refractivity (Wildman–Crippen MR) is 189 cm³/mol. The summed E-state index contributed by atoms with van der Waals surface area (Å²) in [4.78, 5) is 32.3. The fraction of sp³-hybridized carbons (Fsp3) is 0.324. The third-order valence-electron chi connectivity index (χ3n) is 8.60. The Kier molecular flexibility index (Phi) is 10.9. The highest BCUT2D eigenvalue weighted by Crippen LogP contribution is 2.40. The second-order valence-corrected chi connectivity index (χ2v) is 11.9. The second-order valence-electron chi connectivity index (χ2n) is 11.9. The van der Waals surface area contributed by atoms with Crippen LogP contribution in [0, 0.1) is 5.82 Å². The number of rotatable bonds is 13. The van der Waals surface area contributed by atoms with Crippen molar-refractivity contribution in [3.05, 3.63) is 103 Å². The average Bonchev–Trinajstić information content (AvgIpc) is 3.62. The first-order valence-corrected chi connectivity index (χ1v) is 16.5. The van der Waals surface area contributed by atoms with E-state index >= 15 is 0 Å². The number of carbonyl (C=O) groups is 1. The first kappa shape index (κ1) is 33.7. The van der Waals surface area contributed by atoms with Crippen LogP contribution in [0.25, 0.3) is 0 Å². The van der Waals surface area contributed by atoms with Crippen LogP contribution in [0.1, 0.15) is 36.9 Å². The fourth-order valence-corrected chi connectivity index (χ4v) is 6.19. The molecule has 0 radical (unpaired) electrons. The highest BCUT2D eigenvalue weighted by molar-refractivity contribution is 6.02. The molecule has 49 heavy (non-hydrogen) atoms. The van der Waals surface area contributed by atoms with Crippen LogP contribution in [0.2, 0.25) is 0 Å². The Morgan fingerprint density at radius 1 is 1.06 bits per heavy atom. The number of halogens is 1. The molecule has 4 aromatic rings. The van der Waals surface area contributed by atoms with Crippen molar-refractivity contribution in [2.24, 2.45) is 0 Å². The lowest BCUT2D eigenvalue weighted by molar-refractivity contribution is -0.111. The molecule has 0 spiro atoms. The summed E-state index contributed by atoms with van der Waals surface area (Å²) in [5.41, 5.74) is 3.91. The lowest BCUT2D eigenvalue weighted by atomic mass is 10.0. The minimum absolute atomic E-state index is 0.118. The van der Waals surface area contributed by atoms with Crippen LogP contribution in [-0.4, -0.2) is 67.2 Å². The zero-order valence-corrected chi connectivity index (χ0v) is 27.9. The van der Waals surface area contributed by atoms with Gasteiger partial charge < -0.3 is 25.0 Å². The van der Waals surface area contributed by atoms with Crippen molar-refractivity contribution in [3.63, 3.8) is 0 Å². The molecule has 2 N–H and O–H groups in total. The quantitative estimate of drug-likeness (QED) is 0.154. The molecular weight excluding hydrogens is 625 g/mol. The Bertz CT molecular complexity index is 1760. The minimum Gasteiger partial charge on any atom is -0.494 e. The topological polar surface area (TPSA) is 104 Å². The van der Waals surface area contributed by atoms with Crippen molar-refractivity contribution in [1.82, 2.24) is 14.9 Å². The van der Waals surface area contributed by atoms with Gasteiger partial charge in [-0.2, -0.15) is 0 Å². The van der Waals surface area contributed by atoms with Gasteiger partial charge in [0, 0.05) is 44.7 Å². The van der Waals surface area contributed by atoms with Gasteiger partial charge in [-0.3, -0.25) is 14.5 Å². The van der Waals surface area contributed by atoms with Gasteiger partial charge >= 0.3 is 0 Å². The summed E-state index contributed by atoms with van der Waals surface area (Å²) in [6.07, 6.45) is 4.60. The van der Waals surface area contributed by atoms with Gasteiger partial charge in [0.25, 0.3) is 0 Å². The largest absolute Gasteiger partial charge is 0.494 e. The van der Waals surface area contributed by atoms with Gasteiger partial charge in [0.1, 0.15) is 36.1 Å². The molecule has 0 bridgehead atoms. The molecule has 3 heterocycles. The number of methoxy groups -OCH3 is 1. The molecule has 12 heteroatoms. The van der Waals surface area contributed by atoms with E-state index < -0.39 is 0 Å². The van der Waals surface area contributed by atoms with E-state index in [9.17, 15) is 9.18 Å². The van der Waals surface area contributed by atoms with Crippen molar-refractivity contribution in [1.29, 1.82) is 0 Å². The van der Waals surface area contributed by atoms with Crippen LogP contribution in [0.4, 0.5) is 33.1 Å². The third-order valence-corrected chi connectivity index (χ3v) is 8.60. The number of nitrogens with zero attached hydrogens (tertiary/aromatic N) is 5. The van der Waals surface area contributed by atoms with Gasteiger partial charge in [-0.25, -0.2) is 19.4 Å². The van der Waals surface area contributed by atoms with Crippen molar-refractivity contribution in [2.75, 3.05) is 67.0 Å². The molecule has 2 fully saturated rings.